The van der Waals surface area contributed by atoms with E-state index in [1.807, 2.05) is 18.9 Å². The van der Waals surface area contributed by atoms with Crippen LogP contribution >= 0.6 is 11.3 Å². The van der Waals surface area contributed by atoms with Crippen LogP contribution in [0.2, 0.25) is 0 Å². The van der Waals surface area contributed by atoms with E-state index in [2.05, 4.69) is 31.2 Å². The number of aryl methyl sites for hydroxylation is 1. The van der Waals surface area contributed by atoms with E-state index in [0.29, 0.717) is 6.54 Å². The quantitative estimate of drug-likeness (QED) is 0.784. The van der Waals surface area contributed by atoms with Crippen LogP contribution < -0.4 is 4.90 Å². The highest BCUT2D eigenvalue weighted by Gasteiger charge is 2.38. The Kier molecular flexibility index (Phi) is 3.27. The molecule has 0 aliphatic carbocycles. The van der Waals surface area contributed by atoms with Gasteiger partial charge in [0.15, 0.2) is 0 Å². The van der Waals surface area contributed by atoms with E-state index in [4.69, 9.17) is 0 Å². The van der Waals surface area contributed by atoms with Crippen LogP contribution in [0.25, 0.3) is 10.2 Å². The smallest absolute Gasteiger partial charge is 0.241 e. The molecule has 1 atom stereocenters. The van der Waals surface area contributed by atoms with Gasteiger partial charge in [-0.2, -0.15) is 0 Å². The van der Waals surface area contributed by atoms with Gasteiger partial charge in [0.25, 0.3) is 0 Å². The summed E-state index contributed by atoms with van der Waals surface area (Å²) in [5.74, 6) is 1.99. The summed E-state index contributed by atoms with van der Waals surface area (Å²) < 4.78 is 0. The number of hydrogen-bond acceptors (Lipinski definition) is 6. The van der Waals surface area contributed by atoms with E-state index < -0.39 is 0 Å². The van der Waals surface area contributed by atoms with E-state index in [9.17, 15) is 4.79 Å². The summed E-state index contributed by atoms with van der Waals surface area (Å²) in [5.41, 5.74) is 0. The molecule has 1 amide bonds. The Morgan fingerprint density at radius 2 is 2.05 bits per heavy atom. The van der Waals surface area contributed by atoms with E-state index in [0.717, 1.165) is 48.0 Å². The molecule has 2 aliphatic rings. The van der Waals surface area contributed by atoms with Crippen molar-refractivity contribution in [3.8, 4) is 0 Å². The number of aromatic nitrogens is 2. The van der Waals surface area contributed by atoms with Crippen molar-refractivity contribution < 1.29 is 4.79 Å². The molecule has 2 saturated heterocycles. The van der Waals surface area contributed by atoms with Crippen LogP contribution in [-0.2, 0) is 4.79 Å². The number of hydrogen-bond donors (Lipinski definition) is 0. The Bertz CT molecular complexity index is 730. The summed E-state index contributed by atoms with van der Waals surface area (Å²) in [4.78, 5) is 29.0. The molecule has 0 bridgehead atoms. The van der Waals surface area contributed by atoms with Gasteiger partial charge in [0.2, 0.25) is 5.91 Å². The molecular weight excluding hydrogens is 298 g/mol. The zero-order chi connectivity index (χ0) is 15.3. The normalized spacial score (nSPS) is 23.2. The molecule has 0 spiro atoms. The maximum atomic E-state index is 12.4. The molecule has 2 aromatic rings. The highest BCUT2D eigenvalue weighted by Crippen LogP contribution is 2.29. The number of nitrogens with zero attached hydrogens (tertiary/aromatic N) is 5. The van der Waals surface area contributed by atoms with E-state index >= 15 is 0 Å². The second kappa shape index (κ2) is 5.17. The number of piperazine rings is 2. The minimum Gasteiger partial charge on any atom is -0.353 e. The Hall–Kier alpha value is -1.73. The second-order valence-corrected chi connectivity index (χ2v) is 6.89. The van der Waals surface area contributed by atoms with Crippen molar-refractivity contribution in [2.24, 2.45) is 0 Å². The first-order valence-electron chi connectivity index (χ1n) is 7.59. The lowest BCUT2D eigenvalue weighted by molar-refractivity contribution is -0.140. The first-order chi connectivity index (χ1) is 10.6. The van der Waals surface area contributed by atoms with Gasteiger partial charge in [-0.05, 0) is 18.4 Å². The van der Waals surface area contributed by atoms with Crippen LogP contribution in [0.15, 0.2) is 11.4 Å². The molecular formula is C15H19N5OS. The largest absolute Gasteiger partial charge is 0.353 e. The molecule has 0 saturated carbocycles. The fraction of sp³-hybridized carbons (Fsp3) is 0.533. The van der Waals surface area contributed by atoms with Gasteiger partial charge < -0.3 is 9.80 Å². The maximum Gasteiger partial charge on any atom is 0.241 e. The standard InChI is InChI=1S/C15H19N5OS/c1-10-16-13(11-3-8-22-14(11)17-10)20-7-6-19-5-4-18(2)15(21)12(19)9-20/h3,8,12H,4-7,9H2,1-2H3. The summed E-state index contributed by atoms with van der Waals surface area (Å²) >= 11 is 1.64. The lowest BCUT2D eigenvalue weighted by Crippen LogP contribution is -2.64. The zero-order valence-corrected chi connectivity index (χ0v) is 13.6. The maximum absolute atomic E-state index is 12.4. The molecule has 4 rings (SSSR count). The molecule has 2 aromatic heterocycles. The van der Waals surface area contributed by atoms with Gasteiger partial charge in [0, 0.05) is 39.8 Å². The van der Waals surface area contributed by atoms with Gasteiger partial charge in [-0.15, -0.1) is 11.3 Å². The number of fused-ring (bicyclic) bond motifs is 2. The molecule has 0 radical (unpaired) electrons. The van der Waals surface area contributed by atoms with Crippen molar-refractivity contribution in [1.82, 2.24) is 19.8 Å². The molecule has 4 heterocycles. The average Bonchev–Trinajstić information content (AvgIpc) is 2.98. The third-order valence-electron chi connectivity index (χ3n) is 4.59. The van der Waals surface area contributed by atoms with Crippen LogP contribution in [0.1, 0.15) is 5.82 Å². The topological polar surface area (TPSA) is 52.6 Å². The van der Waals surface area contributed by atoms with Crippen molar-refractivity contribution in [3.63, 3.8) is 0 Å². The number of likely N-dealkylation sites (N-methyl/N-ethyl adjacent to an activating group) is 1. The molecule has 22 heavy (non-hydrogen) atoms. The summed E-state index contributed by atoms with van der Waals surface area (Å²) in [7, 11) is 1.89. The van der Waals surface area contributed by atoms with Crippen molar-refractivity contribution in [2.75, 3.05) is 44.7 Å². The first-order valence-corrected chi connectivity index (χ1v) is 8.47. The molecule has 2 fully saturated rings. The molecule has 0 aromatic carbocycles. The Morgan fingerprint density at radius 1 is 1.23 bits per heavy atom. The predicted molar refractivity (Wildman–Crippen MR) is 87.4 cm³/mol. The molecule has 1 unspecified atom stereocenters. The van der Waals surface area contributed by atoms with Crippen LogP contribution in [0, 0.1) is 6.92 Å². The second-order valence-electron chi connectivity index (χ2n) is 5.99. The zero-order valence-electron chi connectivity index (χ0n) is 12.8. The van der Waals surface area contributed by atoms with Gasteiger partial charge >= 0.3 is 0 Å². The van der Waals surface area contributed by atoms with Crippen molar-refractivity contribution in [3.05, 3.63) is 17.3 Å². The van der Waals surface area contributed by atoms with Crippen LogP contribution in [-0.4, -0.2) is 71.5 Å². The third kappa shape index (κ3) is 2.16. The number of carbonyl (C=O) groups is 1. The number of anilines is 1. The summed E-state index contributed by atoms with van der Waals surface area (Å²) in [6.07, 6.45) is 0. The Balaban J connectivity index is 1.68. The van der Waals surface area contributed by atoms with Crippen molar-refractivity contribution >= 4 is 33.3 Å². The van der Waals surface area contributed by atoms with Gasteiger partial charge in [-0.1, -0.05) is 0 Å². The van der Waals surface area contributed by atoms with Gasteiger partial charge in [-0.25, -0.2) is 9.97 Å². The Morgan fingerprint density at radius 3 is 2.91 bits per heavy atom. The number of amides is 1. The summed E-state index contributed by atoms with van der Waals surface area (Å²) in [6, 6.07) is 2.03. The third-order valence-corrected chi connectivity index (χ3v) is 5.40. The minimum atomic E-state index is -0.0449. The van der Waals surface area contributed by atoms with Gasteiger partial charge in [-0.3, -0.25) is 9.69 Å². The summed E-state index contributed by atoms with van der Waals surface area (Å²) in [6.45, 7) is 6.27. The SMILES string of the molecule is Cc1nc(N2CCN3CCN(C)C(=O)C3C2)c2ccsc2n1. The summed E-state index contributed by atoms with van der Waals surface area (Å²) in [5, 5.41) is 3.15. The molecule has 6 nitrogen and oxygen atoms in total. The molecule has 2 aliphatic heterocycles. The van der Waals surface area contributed by atoms with Crippen molar-refractivity contribution in [2.45, 2.75) is 13.0 Å². The van der Waals surface area contributed by atoms with E-state index in [1.54, 1.807) is 11.3 Å². The molecule has 7 heteroatoms. The first kappa shape index (κ1) is 13.9. The lowest BCUT2D eigenvalue weighted by Gasteiger charge is -2.45. The van der Waals surface area contributed by atoms with Crippen LogP contribution in [0.5, 0.6) is 0 Å². The van der Waals surface area contributed by atoms with E-state index in [-0.39, 0.29) is 11.9 Å². The molecule has 116 valence electrons. The number of thiophene rings is 1. The van der Waals surface area contributed by atoms with Gasteiger partial charge in [0.1, 0.15) is 22.5 Å². The van der Waals surface area contributed by atoms with Crippen LogP contribution in [0.4, 0.5) is 5.82 Å². The highest BCUT2D eigenvalue weighted by molar-refractivity contribution is 7.16. The number of rotatable bonds is 1. The van der Waals surface area contributed by atoms with Crippen molar-refractivity contribution in [1.29, 1.82) is 0 Å². The lowest BCUT2D eigenvalue weighted by atomic mass is 10.1. The monoisotopic (exact) mass is 317 g/mol. The molecule has 0 N–H and O–H groups in total. The van der Waals surface area contributed by atoms with Crippen LogP contribution in [0.3, 0.4) is 0 Å². The van der Waals surface area contributed by atoms with Gasteiger partial charge in [0.05, 0.1) is 5.39 Å². The number of carbonyl (C=O) groups excluding carboxylic acids is 1. The highest BCUT2D eigenvalue weighted by atomic mass is 32.1. The fourth-order valence-electron chi connectivity index (χ4n) is 3.34. The fourth-order valence-corrected chi connectivity index (χ4v) is 4.15. The predicted octanol–water partition coefficient (Wildman–Crippen LogP) is 0.962. The Labute approximate surface area is 133 Å². The minimum absolute atomic E-state index is 0.0449. The van der Waals surface area contributed by atoms with E-state index in [1.165, 1.54) is 0 Å². The average molecular weight is 317 g/mol.